The Morgan fingerprint density at radius 2 is 2.14 bits per heavy atom. The molecule has 5 nitrogen and oxygen atoms in total. The number of fused-ring (bicyclic) bond motifs is 1. The molecule has 3 heterocycles. The molecular formula is C15H12N4OS. The van der Waals surface area contributed by atoms with E-state index in [-0.39, 0.29) is 0 Å². The minimum Gasteiger partial charge on any atom is -0.334 e. The van der Waals surface area contributed by atoms with Gasteiger partial charge in [0.2, 0.25) is 5.82 Å². The van der Waals surface area contributed by atoms with Crippen LogP contribution in [0.2, 0.25) is 0 Å². The Hall–Kier alpha value is -2.47. The van der Waals surface area contributed by atoms with Crippen LogP contribution in [0.3, 0.4) is 0 Å². The van der Waals surface area contributed by atoms with Crippen molar-refractivity contribution in [1.82, 2.24) is 19.7 Å². The van der Waals surface area contributed by atoms with Gasteiger partial charge in [0.1, 0.15) is 0 Å². The molecule has 0 bridgehead atoms. The smallest absolute Gasteiger partial charge is 0.268 e. The summed E-state index contributed by atoms with van der Waals surface area (Å²) in [5.41, 5.74) is 4.08. The van der Waals surface area contributed by atoms with E-state index in [2.05, 4.69) is 15.1 Å². The van der Waals surface area contributed by atoms with Gasteiger partial charge in [-0.2, -0.15) is 4.98 Å². The van der Waals surface area contributed by atoms with E-state index in [4.69, 9.17) is 4.52 Å². The lowest BCUT2D eigenvalue weighted by Gasteiger charge is -1.97. The SMILES string of the molecule is Cc1ccsc1-c1nc(-c2ccc3ncn(C)c3c2)no1. The Kier molecular flexibility index (Phi) is 2.65. The van der Waals surface area contributed by atoms with Gasteiger partial charge < -0.3 is 9.09 Å². The van der Waals surface area contributed by atoms with E-state index in [0.29, 0.717) is 11.7 Å². The molecule has 0 radical (unpaired) electrons. The van der Waals surface area contributed by atoms with Crippen LogP contribution in [0.1, 0.15) is 5.56 Å². The number of thiophene rings is 1. The van der Waals surface area contributed by atoms with Crippen LogP contribution in [0.4, 0.5) is 0 Å². The van der Waals surface area contributed by atoms with Gasteiger partial charge in [-0.25, -0.2) is 4.98 Å². The molecule has 0 amide bonds. The third-order valence-corrected chi connectivity index (χ3v) is 4.47. The molecule has 0 fully saturated rings. The van der Waals surface area contributed by atoms with Crippen molar-refractivity contribution in [3.63, 3.8) is 0 Å². The number of hydrogen-bond donors (Lipinski definition) is 0. The summed E-state index contributed by atoms with van der Waals surface area (Å²) in [6.45, 7) is 2.04. The highest BCUT2D eigenvalue weighted by atomic mass is 32.1. The van der Waals surface area contributed by atoms with Crippen LogP contribution >= 0.6 is 11.3 Å². The summed E-state index contributed by atoms with van der Waals surface area (Å²) in [6.07, 6.45) is 1.80. The maximum Gasteiger partial charge on any atom is 0.268 e. The van der Waals surface area contributed by atoms with Crippen LogP contribution in [-0.4, -0.2) is 19.7 Å². The van der Waals surface area contributed by atoms with Crippen molar-refractivity contribution in [2.24, 2.45) is 7.05 Å². The second kappa shape index (κ2) is 4.53. The second-order valence-corrected chi connectivity index (χ2v) is 5.83. The number of aryl methyl sites for hydroxylation is 2. The lowest BCUT2D eigenvalue weighted by Crippen LogP contribution is -1.86. The maximum absolute atomic E-state index is 5.39. The van der Waals surface area contributed by atoms with Gasteiger partial charge in [-0.05, 0) is 42.1 Å². The van der Waals surface area contributed by atoms with Crippen molar-refractivity contribution in [3.05, 3.63) is 41.5 Å². The molecule has 0 aliphatic heterocycles. The largest absolute Gasteiger partial charge is 0.334 e. The molecule has 0 unspecified atom stereocenters. The molecule has 104 valence electrons. The summed E-state index contributed by atoms with van der Waals surface area (Å²) in [5, 5.41) is 6.12. The molecule has 4 aromatic rings. The Balaban J connectivity index is 1.80. The Bertz CT molecular complexity index is 934. The average molecular weight is 296 g/mol. The van der Waals surface area contributed by atoms with E-state index in [1.54, 1.807) is 17.7 Å². The van der Waals surface area contributed by atoms with Crippen molar-refractivity contribution >= 4 is 22.4 Å². The standard InChI is InChI=1S/C15H12N4OS/c1-9-5-6-21-13(9)15-17-14(18-20-15)10-3-4-11-12(7-10)19(2)8-16-11/h3-8H,1-2H3. The summed E-state index contributed by atoms with van der Waals surface area (Å²) in [5.74, 6) is 1.17. The maximum atomic E-state index is 5.39. The molecular weight excluding hydrogens is 284 g/mol. The minimum atomic E-state index is 0.572. The van der Waals surface area contributed by atoms with Crippen molar-refractivity contribution in [2.75, 3.05) is 0 Å². The molecule has 0 aliphatic carbocycles. The fourth-order valence-corrected chi connectivity index (χ4v) is 3.14. The predicted molar refractivity (Wildman–Crippen MR) is 82.1 cm³/mol. The summed E-state index contributed by atoms with van der Waals surface area (Å²) in [6, 6.07) is 8.01. The average Bonchev–Trinajstić information content (AvgIpc) is 3.19. The molecule has 0 spiro atoms. The van der Waals surface area contributed by atoms with E-state index < -0.39 is 0 Å². The van der Waals surface area contributed by atoms with Crippen molar-refractivity contribution in [2.45, 2.75) is 6.92 Å². The van der Waals surface area contributed by atoms with Gasteiger partial charge in [-0.3, -0.25) is 0 Å². The molecule has 6 heteroatoms. The van der Waals surface area contributed by atoms with Gasteiger partial charge in [-0.1, -0.05) is 5.16 Å². The molecule has 0 saturated carbocycles. The van der Waals surface area contributed by atoms with Gasteiger partial charge in [0.25, 0.3) is 5.89 Å². The number of hydrogen-bond acceptors (Lipinski definition) is 5. The summed E-state index contributed by atoms with van der Waals surface area (Å²) in [7, 11) is 1.97. The van der Waals surface area contributed by atoms with E-state index in [1.807, 2.05) is 48.2 Å². The van der Waals surface area contributed by atoms with Crippen molar-refractivity contribution in [3.8, 4) is 22.2 Å². The van der Waals surface area contributed by atoms with Crippen molar-refractivity contribution in [1.29, 1.82) is 0 Å². The molecule has 21 heavy (non-hydrogen) atoms. The van der Waals surface area contributed by atoms with Gasteiger partial charge in [-0.15, -0.1) is 11.3 Å². The zero-order chi connectivity index (χ0) is 14.4. The van der Waals surface area contributed by atoms with Crippen LogP contribution in [0.5, 0.6) is 0 Å². The van der Waals surface area contributed by atoms with Gasteiger partial charge in [0.05, 0.1) is 22.2 Å². The number of nitrogens with zero attached hydrogens (tertiary/aromatic N) is 4. The minimum absolute atomic E-state index is 0.572. The third kappa shape index (κ3) is 1.95. The fraction of sp³-hybridized carbons (Fsp3) is 0.133. The predicted octanol–water partition coefficient (Wildman–Crippen LogP) is 3.66. The highest BCUT2D eigenvalue weighted by Crippen LogP contribution is 2.29. The zero-order valence-electron chi connectivity index (χ0n) is 11.6. The summed E-state index contributed by atoms with van der Waals surface area (Å²) in [4.78, 5) is 9.84. The van der Waals surface area contributed by atoms with Crippen LogP contribution in [0, 0.1) is 6.92 Å². The van der Waals surface area contributed by atoms with Crippen LogP contribution in [0.25, 0.3) is 33.2 Å². The monoisotopic (exact) mass is 296 g/mol. The highest BCUT2D eigenvalue weighted by Gasteiger charge is 2.14. The quantitative estimate of drug-likeness (QED) is 0.566. The van der Waals surface area contributed by atoms with Crippen LogP contribution in [0.15, 0.2) is 40.5 Å². The van der Waals surface area contributed by atoms with Crippen molar-refractivity contribution < 1.29 is 4.52 Å². The number of rotatable bonds is 2. The molecule has 0 N–H and O–H groups in total. The van der Waals surface area contributed by atoms with E-state index in [1.165, 1.54) is 0 Å². The van der Waals surface area contributed by atoms with E-state index >= 15 is 0 Å². The first-order valence-corrected chi connectivity index (χ1v) is 7.40. The van der Waals surface area contributed by atoms with Gasteiger partial charge in [0.15, 0.2) is 0 Å². The molecule has 0 saturated heterocycles. The third-order valence-electron chi connectivity index (χ3n) is 3.47. The molecule has 0 aliphatic rings. The number of aromatic nitrogens is 4. The topological polar surface area (TPSA) is 56.7 Å². The number of benzene rings is 1. The Morgan fingerprint density at radius 3 is 2.95 bits per heavy atom. The second-order valence-electron chi connectivity index (χ2n) is 4.91. The first-order chi connectivity index (χ1) is 10.2. The Morgan fingerprint density at radius 1 is 1.24 bits per heavy atom. The summed E-state index contributed by atoms with van der Waals surface area (Å²) >= 11 is 1.61. The first kappa shape index (κ1) is 12.3. The first-order valence-electron chi connectivity index (χ1n) is 6.52. The van der Waals surface area contributed by atoms with Gasteiger partial charge in [0, 0.05) is 12.6 Å². The van der Waals surface area contributed by atoms with Crippen LogP contribution < -0.4 is 0 Å². The molecule has 0 atom stereocenters. The zero-order valence-corrected chi connectivity index (χ0v) is 12.4. The Labute approximate surface area is 124 Å². The molecule has 4 rings (SSSR count). The highest BCUT2D eigenvalue weighted by molar-refractivity contribution is 7.13. The van der Waals surface area contributed by atoms with Gasteiger partial charge >= 0.3 is 0 Å². The number of imidazole rings is 1. The lowest BCUT2D eigenvalue weighted by atomic mass is 10.2. The van der Waals surface area contributed by atoms with E-state index in [0.717, 1.165) is 27.0 Å². The van der Waals surface area contributed by atoms with E-state index in [9.17, 15) is 0 Å². The fourth-order valence-electron chi connectivity index (χ4n) is 2.29. The summed E-state index contributed by atoms with van der Waals surface area (Å²) < 4.78 is 7.37. The normalized spacial score (nSPS) is 11.3. The molecule has 1 aromatic carbocycles. The van der Waals surface area contributed by atoms with Crippen LogP contribution in [-0.2, 0) is 7.05 Å². The molecule has 3 aromatic heterocycles. The lowest BCUT2D eigenvalue weighted by molar-refractivity contribution is 0.433.